The third-order valence-corrected chi connectivity index (χ3v) is 24.3. The van der Waals surface area contributed by atoms with Crippen LogP contribution in [0.3, 0.4) is 0 Å². The molecule has 0 N–H and O–H groups in total. The van der Waals surface area contributed by atoms with E-state index in [1.807, 2.05) is 0 Å². The van der Waals surface area contributed by atoms with E-state index in [0.29, 0.717) is 38.6 Å². The Hall–Kier alpha value is 0.677. The predicted octanol–water partition coefficient (Wildman–Crippen LogP) is 30.3. The Morgan fingerprint density at radius 3 is 0.684 bits per heavy atom. The zero-order valence-corrected chi connectivity index (χ0v) is 68.6. The zero-order chi connectivity index (χ0) is 68.7. The van der Waals surface area contributed by atoms with Crippen LogP contribution in [0.5, 0.6) is 0 Å². The molecule has 0 saturated heterocycles. The van der Waals surface area contributed by atoms with Gasteiger partial charge in [-0.25, -0.2) is 0 Å². The van der Waals surface area contributed by atoms with Crippen molar-refractivity contribution in [1.82, 2.24) is 0 Å². The summed E-state index contributed by atoms with van der Waals surface area (Å²) in [6.45, 7) is 16.0. The fourth-order valence-electron chi connectivity index (χ4n) is 14.2. The molecule has 0 fully saturated rings. The minimum absolute atomic E-state index is 0.0208. The summed E-state index contributed by atoms with van der Waals surface area (Å²) in [4.78, 5) is 0. The molecule has 0 spiro atoms. The van der Waals surface area contributed by atoms with Crippen molar-refractivity contribution in [3.8, 4) is 0 Å². The molecule has 2 unspecified atom stereocenters. The molecule has 572 valence electrons. The van der Waals surface area contributed by atoms with Gasteiger partial charge in [0.2, 0.25) is 5.41 Å². The van der Waals surface area contributed by atoms with Crippen LogP contribution in [0.4, 0.5) is 0 Å². The highest BCUT2D eigenvalue weighted by atomic mass is 32.1. The molecule has 0 heterocycles. The number of rotatable bonds is 87. The van der Waals surface area contributed by atoms with E-state index < -0.39 is 14.2 Å². The molecule has 0 radical (unpaired) electrons. The van der Waals surface area contributed by atoms with Crippen molar-refractivity contribution in [3.05, 3.63) is 0 Å². The van der Waals surface area contributed by atoms with Crippen LogP contribution in [0.2, 0.25) is 0 Å². The van der Waals surface area contributed by atoms with Gasteiger partial charge in [0.15, 0.2) is 0 Å². The smallest absolute Gasteiger partial charge is 0.381 e. The molecular formula is C86H176O6S2Si. The predicted molar refractivity (Wildman–Crippen MR) is 432 cm³/mol. The van der Waals surface area contributed by atoms with Crippen LogP contribution < -0.4 is 0 Å². The molecule has 0 bridgehead atoms. The highest BCUT2D eigenvalue weighted by molar-refractivity contribution is 7.80. The average molecular weight is 1400 g/mol. The molecule has 0 aromatic rings. The number of ether oxygens (including phenoxy) is 3. The van der Waals surface area contributed by atoms with Crippen molar-refractivity contribution in [2.45, 2.75) is 502 Å². The Morgan fingerprint density at radius 2 is 0.442 bits per heavy atom. The van der Waals surface area contributed by atoms with Crippen molar-refractivity contribution in [1.29, 1.82) is 0 Å². The first kappa shape index (κ1) is 95.7. The van der Waals surface area contributed by atoms with Crippen molar-refractivity contribution in [2.75, 3.05) is 51.1 Å². The van der Waals surface area contributed by atoms with Gasteiger partial charge in [0, 0.05) is 39.5 Å². The monoisotopic (exact) mass is 1400 g/mol. The van der Waals surface area contributed by atoms with E-state index in [0.717, 1.165) is 63.9 Å². The van der Waals surface area contributed by atoms with E-state index in [4.69, 9.17) is 52.7 Å². The summed E-state index contributed by atoms with van der Waals surface area (Å²) in [6, 6.07) is 0. The Balaban J connectivity index is 6.29. The lowest BCUT2D eigenvalue weighted by molar-refractivity contribution is -0.249. The van der Waals surface area contributed by atoms with Gasteiger partial charge in [-0.3, -0.25) is 0 Å². The standard InChI is InChI=1S/C86H176O6S2Si/c1-6-11-16-21-26-31-36-38-39-43-48-55-62-69-79-88-86(76-84-94,92-85(75-73-83-93)74-66-59-52-45-41-40-42-47-54-61-68-78-87-77-67-60-53-46-33-28-23-18-13-8-3)95(89-80-70-63-56-49-34-29-24-19-14-9-4,90-81-71-64-57-50-35-30-25-20-15-10-5)91-82-72-65-58-51-44-37-32-27-22-17-12-7-2/h85,93-94H,6-84H2,1-5H3. The number of hydrogen-bond donors (Lipinski definition) is 2. The minimum Gasteiger partial charge on any atom is -0.381 e. The molecule has 0 aliphatic heterocycles. The van der Waals surface area contributed by atoms with Crippen LogP contribution in [0.25, 0.3) is 0 Å². The van der Waals surface area contributed by atoms with Gasteiger partial charge in [-0.1, -0.05) is 426 Å². The van der Waals surface area contributed by atoms with E-state index in [-0.39, 0.29) is 6.10 Å². The summed E-state index contributed by atoms with van der Waals surface area (Å²) >= 11 is 9.94. The summed E-state index contributed by atoms with van der Waals surface area (Å²) < 4.78 is 44.1. The zero-order valence-electron chi connectivity index (χ0n) is 65.8. The fraction of sp³-hybridized carbons (Fsp3) is 1.00. The summed E-state index contributed by atoms with van der Waals surface area (Å²) in [6.07, 6.45) is 92.5. The lowest BCUT2D eigenvalue weighted by Crippen LogP contribution is -2.69. The molecule has 0 saturated carbocycles. The topological polar surface area (TPSA) is 55.4 Å². The van der Waals surface area contributed by atoms with Gasteiger partial charge in [-0.2, -0.15) is 25.3 Å². The van der Waals surface area contributed by atoms with Gasteiger partial charge in [-0.15, -0.1) is 0 Å². The van der Waals surface area contributed by atoms with Crippen molar-refractivity contribution in [3.63, 3.8) is 0 Å². The third-order valence-electron chi connectivity index (χ3n) is 20.6. The van der Waals surface area contributed by atoms with Crippen LogP contribution in [-0.4, -0.2) is 71.5 Å². The SMILES string of the molecule is CCCCCCCCCCCCCCCCOC(CCS)(OC(CCCS)CCCCCCCCCCCCCOCCCCCCCCCCCC)[Si](OCCCCCCCCCCCC)(OCCCCCCCCCCCC)OCCCCCCCCCCCCCC. The Morgan fingerprint density at radius 1 is 0.232 bits per heavy atom. The van der Waals surface area contributed by atoms with Crippen LogP contribution in [0.15, 0.2) is 0 Å². The first-order valence-electron chi connectivity index (χ1n) is 44.1. The molecule has 0 aromatic carbocycles. The fourth-order valence-corrected chi connectivity index (χ4v) is 18.0. The maximum absolute atomic E-state index is 7.86. The largest absolute Gasteiger partial charge is 0.563 e. The van der Waals surface area contributed by atoms with Gasteiger partial charge in [0.1, 0.15) is 0 Å². The summed E-state index contributed by atoms with van der Waals surface area (Å²) in [5, 5.41) is 0. The van der Waals surface area contributed by atoms with Crippen molar-refractivity contribution < 1.29 is 27.5 Å². The average Bonchev–Trinajstić information content (AvgIpc) is 0.768. The van der Waals surface area contributed by atoms with Crippen LogP contribution in [0, 0.1) is 0 Å². The van der Waals surface area contributed by atoms with Crippen LogP contribution in [0.1, 0.15) is 490 Å². The molecule has 0 amide bonds. The highest BCUT2D eigenvalue weighted by Crippen LogP contribution is 2.38. The number of unbranched alkanes of at least 4 members (excludes halogenated alkanes) is 61. The van der Waals surface area contributed by atoms with Crippen molar-refractivity contribution >= 4 is 34.1 Å². The molecule has 0 aromatic heterocycles. The molecule has 6 nitrogen and oxygen atoms in total. The summed E-state index contributed by atoms with van der Waals surface area (Å²) in [5.74, 6) is 1.49. The normalized spacial score (nSPS) is 13.0. The molecule has 0 rings (SSSR count). The van der Waals surface area contributed by atoms with Crippen molar-refractivity contribution in [2.24, 2.45) is 0 Å². The maximum atomic E-state index is 7.86. The quantitative estimate of drug-likeness (QED) is 0.0274. The summed E-state index contributed by atoms with van der Waals surface area (Å²) in [7, 11) is -3.71. The number of hydrogen-bond acceptors (Lipinski definition) is 8. The number of thiol groups is 2. The lowest BCUT2D eigenvalue weighted by Gasteiger charge is -2.46. The molecule has 9 heteroatoms. The van der Waals surface area contributed by atoms with E-state index in [9.17, 15) is 0 Å². The first-order chi connectivity index (χ1) is 47.0. The van der Waals surface area contributed by atoms with E-state index in [2.05, 4.69) is 34.6 Å². The second-order valence-electron chi connectivity index (χ2n) is 30.1. The minimum atomic E-state index is -3.71. The van der Waals surface area contributed by atoms with E-state index >= 15 is 0 Å². The van der Waals surface area contributed by atoms with Gasteiger partial charge < -0.3 is 27.5 Å². The molecule has 2 atom stereocenters. The molecular weight excluding hydrogens is 1220 g/mol. The van der Waals surface area contributed by atoms with Gasteiger partial charge >= 0.3 is 8.80 Å². The van der Waals surface area contributed by atoms with Crippen LogP contribution >= 0.6 is 25.3 Å². The second-order valence-corrected chi connectivity index (χ2v) is 33.7. The second kappa shape index (κ2) is 82.0. The summed E-state index contributed by atoms with van der Waals surface area (Å²) in [5.41, 5.74) is -1.11. The van der Waals surface area contributed by atoms with E-state index in [1.165, 1.54) is 405 Å². The Kier molecular flexibility index (Phi) is 82.6. The van der Waals surface area contributed by atoms with E-state index in [1.54, 1.807) is 0 Å². The lowest BCUT2D eigenvalue weighted by atomic mass is 10.0. The Bertz CT molecular complexity index is 1350. The first-order valence-corrected chi connectivity index (χ1v) is 47.1. The highest BCUT2D eigenvalue weighted by Gasteiger charge is 2.65. The molecule has 0 aliphatic rings. The maximum Gasteiger partial charge on any atom is 0.563 e. The molecule has 0 aliphatic carbocycles. The van der Waals surface area contributed by atoms with Crippen LogP contribution in [-0.2, 0) is 27.5 Å². The molecule has 95 heavy (non-hydrogen) atoms. The Labute approximate surface area is 611 Å². The van der Waals surface area contributed by atoms with Gasteiger partial charge in [0.25, 0.3) is 0 Å². The third kappa shape index (κ3) is 66.4. The van der Waals surface area contributed by atoms with Gasteiger partial charge in [-0.05, 0) is 69.3 Å². The van der Waals surface area contributed by atoms with Gasteiger partial charge in [0.05, 0.1) is 12.7 Å².